The number of rotatable bonds is 7. The lowest BCUT2D eigenvalue weighted by Gasteiger charge is -2.25. The molecule has 1 heterocycles. The van der Waals surface area contributed by atoms with Crippen LogP contribution in [-0.4, -0.2) is 4.98 Å². The maximum absolute atomic E-state index is 6.03. The van der Waals surface area contributed by atoms with Crippen molar-refractivity contribution in [2.24, 2.45) is 0 Å². The highest BCUT2D eigenvalue weighted by molar-refractivity contribution is 5.83. The van der Waals surface area contributed by atoms with Crippen LogP contribution in [0.2, 0.25) is 0 Å². The monoisotopic (exact) mass is 540 g/mol. The van der Waals surface area contributed by atoms with E-state index in [-0.39, 0.29) is 0 Å². The smallest absolute Gasteiger partial charge is 0.220 e. The Bertz CT molecular complexity index is 1900. The van der Waals surface area contributed by atoms with E-state index in [4.69, 9.17) is 9.40 Å². The van der Waals surface area contributed by atoms with Crippen LogP contribution in [0.4, 0.5) is 17.1 Å². The molecule has 0 bridgehead atoms. The first kappa shape index (κ1) is 25.3. The van der Waals surface area contributed by atoms with Gasteiger partial charge in [0.1, 0.15) is 5.52 Å². The number of fused-ring (bicyclic) bond motifs is 1. The summed E-state index contributed by atoms with van der Waals surface area (Å²) in [5, 5.41) is 0. The molecule has 200 valence electrons. The zero-order chi connectivity index (χ0) is 28.1. The Morgan fingerprint density at radius 3 is 1.57 bits per heavy atom. The Balaban J connectivity index is 1.10. The third-order valence-electron chi connectivity index (χ3n) is 7.33. The SMILES string of the molecule is C(=Cc1nc2cc(-c3ccc(-c4ccccc4)cc3)ccc2o1)c1ccc(N(c2ccccc2)c2ccccc2)cc1. The van der Waals surface area contributed by atoms with E-state index in [2.05, 4.69) is 138 Å². The number of anilines is 3. The molecule has 0 saturated carbocycles. The summed E-state index contributed by atoms with van der Waals surface area (Å²) in [5.74, 6) is 0.584. The topological polar surface area (TPSA) is 29.3 Å². The zero-order valence-corrected chi connectivity index (χ0v) is 23.0. The standard InChI is InChI=1S/C39H28N2O/c1-4-10-30(11-5-1)31-19-21-32(22-20-31)33-23-26-38-37(28-33)40-39(42-38)27-18-29-16-24-36(25-17-29)41(34-12-6-2-7-13-34)35-14-8-3-9-15-35/h1-28H. The number of nitrogens with zero attached hydrogens (tertiary/aromatic N) is 2. The Labute approximate surface area is 245 Å². The molecule has 0 fully saturated rings. The third-order valence-corrected chi connectivity index (χ3v) is 7.33. The molecule has 6 aromatic carbocycles. The van der Waals surface area contributed by atoms with Gasteiger partial charge in [-0.2, -0.15) is 0 Å². The lowest BCUT2D eigenvalue weighted by molar-refractivity contribution is 0.590. The van der Waals surface area contributed by atoms with Crippen molar-refractivity contribution in [3.05, 3.63) is 169 Å². The van der Waals surface area contributed by atoms with Gasteiger partial charge in [0.05, 0.1) is 0 Å². The normalized spacial score (nSPS) is 11.2. The number of benzene rings is 6. The first-order chi connectivity index (χ1) is 20.8. The van der Waals surface area contributed by atoms with Gasteiger partial charge < -0.3 is 9.32 Å². The second-order valence-corrected chi connectivity index (χ2v) is 10.1. The number of hydrogen-bond acceptors (Lipinski definition) is 3. The van der Waals surface area contributed by atoms with E-state index < -0.39 is 0 Å². The largest absolute Gasteiger partial charge is 0.437 e. The Morgan fingerprint density at radius 2 is 0.952 bits per heavy atom. The van der Waals surface area contributed by atoms with Gasteiger partial charge in [-0.3, -0.25) is 0 Å². The molecular formula is C39H28N2O. The summed E-state index contributed by atoms with van der Waals surface area (Å²) in [4.78, 5) is 6.99. The van der Waals surface area contributed by atoms with Gasteiger partial charge in [-0.05, 0) is 82.4 Å². The molecule has 7 aromatic rings. The molecule has 0 aliphatic heterocycles. The molecule has 0 radical (unpaired) electrons. The van der Waals surface area contributed by atoms with Crippen LogP contribution < -0.4 is 4.90 Å². The van der Waals surface area contributed by atoms with Crippen molar-refractivity contribution in [2.45, 2.75) is 0 Å². The summed E-state index contributed by atoms with van der Waals surface area (Å²) < 4.78 is 6.03. The van der Waals surface area contributed by atoms with Gasteiger partial charge in [0.2, 0.25) is 5.89 Å². The van der Waals surface area contributed by atoms with E-state index in [1.807, 2.05) is 36.4 Å². The van der Waals surface area contributed by atoms with Crippen LogP contribution in [-0.2, 0) is 0 Å². The van der Waals surface area contributed by atoms with E-state index in [1.54, 1.807) is 0 Å². The van der Waals surface area contributed by atoms with E-state index >= 15 is 0 Å². The minimum atomic E-state index is 0.584. The molecule has 3 nitrogen and oxygen atoms in total. The van der Waals surface area contributed by atoms with Gasteiger partial charge in [0.15, 0.2) is 5.58 Å². The minimum Gasteiger partial charge on any atom is -0.437 e. The van der Waals surface area contributed by atoms with Crippen molar-refractivity contribution in [1.29, 1.82) is 0 Å². The molecule has 0 aliphatic carbocycles. The molecule has 0 spiro atoms. The van der Waals surface area contributed by atoms with Crippen LogP contribution in [0, 0.1) is 0 Å². The Kier molecular flexibility index (Phi) is 6.89. The predicted molar refractivity (Wildman–Crippen MR) is 175 cm³/mol. The highest BCUT2D eigenvalue weighted by atomic mass is 16.3. The van der Waals surface area contributed by atoms with Crippen LogP contribution in [0.5, 0.6) is 0 Å². The molecule has 0 atom stereocenters. The van der Waals surface area contributed by atoms with E-state index in [0.29, 0.717) is 5.89 Å². The second-order valence-electron chi connectivity index (χ2n) is 10.1. The number of aromatic nitrogens is 1. The van der Waals surface area contributed by atoms with Crippen LogP contribution in [0.25, 0.3) is 45.5 Å². The highest BCUT2D eigenvalue weighted by Crippen LogP contribution is 2.34. The van der Waals surface area contributed by atoms with Gasteiger partial charge in [-0.1, -0.05) is 109 Å². The first-order valence-electron chi connectivity index (χ1n) is 14.0. The van der Waals surface area contributed by atoms with E-state index in [0.717, 1.165) is 44.9 Å². The fourth-order valence-corrected chi connectivity index (χ4v) is 5.19. The van der Waals surface area contributed by atoms with Crippen molar-refractivity contribution < 1.29 is 4.42 Å². The summed E-state index contributed by atoms with van der Waals surface area (Å²) in [6, 6.07) is 54.6. The molecule has 42 heavy (non-hydrogen) atoms. The molecule has 0 saturated heterocycles. The van der Waals surface area contributed by atoms with Crippen LogP contribution in [0.1, 0.15) is 11.5 Å². The van der Waals surface area contributed by atoms with Gasteiger partial charge >= 0.3 is 0 Å². The average Bonchev–Trinajstić information content (AvgIpc) is 3.48. The first-order valence-corrected chi connectivity index (χ1v) is 14.0. The summed E-state index contributed by atoms with van der Waals surface area (Å²) in [5.41, 5.74) is 10.7. The lowest BCUT2D eigenvalue weighted by Crippen LogP contribution is -2.09. The number of oxazole rings is 1. The summed E-state index contributed by atoms with van der Waals surface area (Å²) in [6.07, 6.45) is 3.96. The van der Waals surface area contributed by atoms with Gasteiger partial charge in [0.25, 0.3) is 0 Å². The third kappa shape index (κ3) is 5.36. The molecule has 1 aromatic heterocycles. The van der Waals surface area contributed by atoms with Crippen LogP contribution in [0.3, 0.4) is 0 Å². The van der Waals surface area contributed by atoms with Crippen molar-refractivity contribution in [1.82, 2.24) is 4.98 Å². The van der Waals surface area contributed by atoms with Crippen molar-refractivity contribution in [3.8, 4) is 22.3 Å². The van der Waals surface area contributed by atoms with Crippen molar-refractivity contribution >= 4 is 40.3 Å². The molecule has 0 N–H and O–H groups in total. The van der Waals surface area contributed by atoms with Gasteiger partial charge in [-0.15, -0.1) is 0 Å². The van der Waals surface area contributed by atoms with E-state index in [9.17, 15) is 0 Å². The predicted octanol–water partition coefficient (Wildman–Crippen LogP) is 10.8. The lowest BCUT2D eigenvalue weighted by atomic mass is 10.0. The number of hydrogen-bond donors (Lipinski definition) is 0. The average molecular weight is 541 g/mol. The maximum atomic E-state index is 6.03. The molecule has 0 amide bonds. The molecule has 7 rings (SSSR count). The second kappa shape index (κ2) is 11.4. The van der Waals surface area contributed by atoms with Crippen LogP contribution >= 0.6 is 0 Å². The van der Waals surface area contributed by atoms with E-state index in [1.165, 1.54) is 11.1 Å². The van der Waals surface area contributed by atoms with Gasteiger partial charge in [0, 0.05) is 23.1 Å². The van der Waals surface area contributed by atoms with Gasteiger partial charge in [-0.25, -0.2) is 4.98 Å². The maximum Gasteiger partial charge on any atom is 0.220 e. The Morgan fingerprint density at radius 1 is 0.452 bits per heavy atom. The summed E-state index contributed by atoms with van der Waals surface area (Å²) in [6.45, 7) is 0. The highest BCUT2D eigenvalue weighted by Gasteiger charge is 2.11. The minimum absolute atomic E-state index is 0.584. The fourth-order valence-electron chi connectivity index (χ4n) is 5.19. The quantitative estimate of drug-likeness (QED) is 0.201. The summed E-state index contributed by atoms with van der Waals surface area (Å²) >= 11 is 0. The van der Waals surface area contributed by atoms with Crippen molar-refractivity contribution in [2.75, 3.05) is 4.90 Å². The number of para-hydroxylation sites is 2. The molecule has 0 aliphatic rings. The Hall–Kier alpha value is -5.67. The molecule has 3 heteroatoms. The van der Waals surface area contributed by atoms with Crippen LogP contribution in [0.15, 0.2) is 162 Å². The molecule has 0 unspecified atom stereocenters. The fraction of sp³-hybridized carbons (Fsp3) is 0. The van der Waals surface area contributed by atoms with Crippen molar-refractivity contribution in [3.63, 3.8) is 0 Å². The summed E-state index contributed by atoms with van der Waals surface area (Å²) in [7, 11) is 0. The zero-order valence-electron chi connectivity index (χ0n) is 23.0. The molecular weight excluding hydrogens is 512 g/mol.